The van der Waals surface area contributed by atoms with E-state index in [2.05, 4.69) is 9.72 Å². The molecule has 0 atom stereocenters. The average molecular weight is 282 g/mol. The number of halogens is 4. The van der Waals surface area contributed by atoms with Crippen LogP contribution in [0.25, 0.3) is 11.1 Å². The summed E-state index contributed by atoms with van der Waals surface area (Å²) < 4.78 is 53.4. The fraction of sp³-hybridized carbons (Fsp3) is 0.0769. The van der Waals surface area contributed by atoms with Gasteiger partial charge in [0, 0.05) is 17.3 Å². The van der Waals surface area contributed by atoms with E-state index in [9.17, 15) is 17.6 Å². The van der Waals surface area contributed by atoms with Gasteiger partial charge >= 0.3 is 6.36 Å². The molecule has 102 valence electrons. The molecule has 0 saturated heterocycles. The van der Waals surface area contributed by atoms with Crippen molar-refractivity contribution in [3.63, 3.8) is 0 Å². The molecule has 0 amide bonds. The highest BCUT2D eigenvalue weighted by Crippen LogP contribution is 2.30. The lowest BCUT2D eigenvalue weighted by Gasteiger charge is -2.11. The van der Waals surface area contributed by atoms with E-state index in [1.807, 2.05) is 6.07 Å². The Hall–Kier alpha value is -2.62. The van der Waals surface area contributed by atoms with E-state index in [1.165, 1.54) is 12.3 Å². The van der Waals surface area contributed by atoms with Crippen molar-refractivity contribution in [2.24, 2.45) is 0 Å². The highest BCUT2D eigenvalue weighted by molar-refractivity contribution is 5.71. The first-order valence-electron chi connectivity index (χ1n) is 5.30. The predicted octanol–water partition coefficient (Wildman–Crippen LogP) is 3.66. The van der Waals surface area contributed by atoms with Crippen LogP contribution in [0.5, 0.6) is 5.75 Å². The number of alkyl halides is 3. The number of hydrogen-bond acceptors (Lipinski definition) is 3. The normalized spacial score (nSPS) is 10.9. The molecular weight excluding hydrogens is 276 g/mol. The van der Waals surface area contributed by atoms with Gasteiger partial charge in [0.05, 0.1) is 17.8 Å². The zero-order valence-corrected chi connectivity index (χ0v) is 9.78. The van der Waals surface area contributed by atoms with Crippen molar-refractivity contribution in [3.05, 3.63) is 48.0 Å². The summed E-state index contributed by atoms with van der Waals surface area (Å²) >= 11 is 0. The highest BCUT2D eigenvalue weighted by atomic mass is 19.4. The molecule has 0 N–H and O–H groups in total. The van der Waals surface area contributed by atoms with Crippen LogP contribution < -0.4 is 4.74 Å². The molecule has 3 nitrogen and oxygen atoms in total. The third-order valence-electron chi connectivity index (χ3n) is 2.36. The van der Waals surface area contributed by atoms with Gasteiger partial charge in [-0.1, -0.05) is 0 Å². The molecule has 1 heterocycles. The van der Waals surface area contributed by atoms with E-state index < -0.39 is 17.9 Å². The molecule has 0 fully saturated rings. The van der Waals surface area contributed by atoms with Crippen molar-refractivity contribution >= 4 is 0 Å². The maximum absolute atomic E-state index is 13.1. The molecule has 0 aliphatic carbocycles. The standard InChI is InChI=1S/C13H6F4N2O/c14-10-3-9(6-19-7-10)12-4-11(20-13(15,16)17)2-1-8(12)5-18/h1-4,6-7H. The quantitative estimate of drug-likeness (QED) is 0.790. The Kier molecular flexibility index (Phi) is 3.57. The van der Waals surface area contributed by atoms with Crippen LogP contribution in [0.3, 0.4) is 0 Å². The van der Waals surface area contributed by atoms with Crippen molar-refractivity contribution in [2.75, 3.05) is 0 Å². The van der Waals surface area contributed by atoms with Gasteiger partial charge in [0.1, 0.15) is 11.6 Å². The van der Waals surface area contributed by atoms with E-state index in [1.54, 1.807) is 0 Å². The van der Waals surface area contributed by atoms with E-state index in [4.69, 9.17) is 5.26 Å². The molecule has 0 bridgehead atoms. The molecule has 0 aliphatic rings. The van der Waals surface area contributed by atoms with Crippen LogP contribution in [0.15, 0.2) is 36.7 Å². The summed E-state index contributed by atoms with van der Waals surface area (Å²) in [5.74, 6) is -1.15. The number of benzene rings is 1. The van der Waals surface area contributed by atoms with Gasteiger partial charge in [0.2, 0.25) is 0 Å². The van der Waals surface area contributed by atoms with Crippen molar-refractivity contribution in [1.29, 1.82) is 5.26 Å². The number of pyridine rings is 1. The molecule has 2 aromatic rings. The highest BCUT2D eigenvalue weighted by Gasteiger charge is 2.31. The second kappa shape index (κ2) is 5.17. The molecule has 0 unspecified atom stereocenters. The summed E-state index contributed by atoms with van der Waals surface area (Å²) in [5.41, 5.74) is 0.391. The van der Waals surface area contributed by atoms with Crippen molar-refractivity contribution in [1.82, 2.24) is 4.98 Å². The lowest BCUT2D eigenvalue weighted by atomic mass is 10.0. The summed E-state index contributed by atoms with van der Waals surface area (Å²) in [7, 11) is 0. The molecule has 0 aliphatic heterocycles. The van der Waals surface area contributed by atoms with Gasteiger partial charge in [-0.15, -0.1) is 13.2 Å². The Morgan fingerprint density at radius 1 is 1.15 bits per heavy atom. The Morgan fingerprint density at radius 2 is 1.90 bits per heavy atom. The zero-order chi connectivity index (χ0) is 14.8. The second-order valence-electron chi connectivity index (χ2n) is 3.76. The molecule has 20 heavy (non-hydrogen) atoms. The van der Waals surface area contributed by atoms with E-state index in [0.29, 0.717) is 0 Å². The predicted molar refractivity (Wildman–Crippen MR) is 61.0 cm³/mol. The zero-order valence-electron chi connectivity index (χ0n) is 9.78. The van der Waals surface area contributed by atoms with Gasteiger partial charge in [0.25, 0.3) is 0 Å². The van der Waals surface area contributed by atoms with Gasteiger partial charge in [-0.2, -0.15) is 5.26 Å². The number of rotatable bonds is 2. The third kappa shape index (κ3) is 3.23. The van der Waals surface area contributed by atoms with Gasteiger partial charge in [-0.25, -0.2) is 4.39 Å². The van der Waals surface area contributed by atoms with Crippen molar-refractivity contribution in [2.45, 2.75) is 6.36 Å². The van der Waals surface area contributed by atoms with Crippen LogP contribution in [-0.4, -0.2) is 11.3 Å². The summed E-state index contributed by atoms with van der Waals surface area (Å²) in [5, 5.41) is 8.95. The Bertz CT molecular complexity index is 677. The first kappa shape index (κ1) is 13.8. The molecule has 2 rings (SSSR count). The molecule has 1 aromatic heterocycles. The number of hydrogen-bond donors (Lipinski definition) is 0. The number of ether oxygens (including phenoxy) is 1. The monoisotopic (exact) mass is 282 g/mol. The summed E-state index contributed by atoms with van der Waals surface area (Å²) in [6.45, 7) is 0. The summed E-state index contributed by atoms with van der Waals surface area (Å²) in [4.78, 5) is 3.59. The van der Waals surface area contributed by atoms with Gasteiger partial charge < -0.3 is 4.74 Å². The van der Waals surface area contributed by atoms with Crippen LogP contribution in [0.1, 0.15) is 5.56 Å². The van der Waals surface area contributed by atoms with Crippen LogP contribution >= 0.6 is 0 Å². The van der Waals surface area contributed by atoms with E-state index in [0.717, 1.165) is 24.4 Å². The lowest BCUT2D eigenvalue weighted by Crippen LogP contribution is -2.17. The Morgan fingerprint density at radius 3 is 2.50 bits per heavy atom. The Balaban J connectivity index is 2.50. The first-order chi connectivity index (χ1) is 9.39. The first-order valence-corrected chi connectivity index (χ1v) is 5.30. The smallest absolute Gasteiger partial charge is 0.406 e. The summed E-state index contributed by atoms with van der Waals surface area (Å²) in [6, 6.07) is 6.09. The van der Waals surface area contributed by atoms with Crippen LogP contribution in [0.2, 0.25) is 0 Å². The maximum Gasteiger partial charge on any atom is 0.573 e. The minimum atomic E-state index is -4.84. The van der Waals surface area contributed by atoms with E-state index >= 15 is 0 Å². The average Bonchev–Trinajstić information content (AvgIpc) is 2.37. The molecular formula is C13H6F4N2O. The number of nitriles is 1. The van der Waals surface area contributed by atoms with Gasteiger partial charge in [-0.3, -0.25) is 4.98 Å². The van der Waals surface area contributed by atoms with Crippen LogP contribution in [-0.2, 0) is 0 Å². The van der Waals surface area contributed by atoms with Crippen molar-refractivity contribution in [3.8, 4) is 22.9 Å². The second-order valence-corrected chi connectivity index (χ2v) is 3.76. The maximum atomic E-state index is 13.1. The Labute approximate surface area is 111 Å². The SMILES string of the molecule is N#Cc1ccc(OC(F)(F)F)cc1-c1cncc(F)c1. The minimum absolute atomic E-state index is 0.0897. The van der Waals surface area contributed by atoms with Crippen LogP contribution in [0, 0.1) is 17.1 Å². The summed E-state index contributed by atoms with van der Waals surface area (Å²) in [6.07, 6.45) is -2.64. The molecule has 0 radical (unpaired) electrons. The fourth-order valence-corrected chi connectivity index (χ4v) is 1.62. The number of aromatic nitrogens is 1. The minimum Gasteiger partial charge on any atom is -0.406 e. The van der Waals surface area contributed by atoms with Crippen molar-refractivity contribution < 1.29 is 22.3 Å². The van der Waals surface area contributed by atoms with E-state index in [-0.39, 0.29) is 16.7 Å². The topological polar surface area (TPSA) is 45.9 Å². The largest absolute Gasteiger partial charge is 0.573 e. The van der Waals surface area contributed by atoms with Crippen LogP contribution in [0.4, 0.5) is 17.6 Å². The van der Waals surface area contributed by atoms with Gasteiger partial charge in [0.15, 0.2) is 0 Å². The molecule has 7 heteroatoms. The van der Waals surface area contributed by atoms with Gasteiger partial charge in [-0.05, 0) is 24.3 Å². The lowest BCUT2D eigenvalue weighted by molar-refractivity contribution is -0.274. The molecule has 0 spiro atoms. The molecule has 0 saturated carbocycles. The molecule has 1 aromatic carbocycles. The fourth-order valence-electron chi connectivity index (χ4n) is 1.62. The number of nitrogens with zero attached hydrogens (tertiary/aromatic N) is 2. The third-order valence-corrected chi connectivity index (χ3v) is 2.36.